The monoisotopic (exact) mass is 334 g/mol. The molecule has 0 radical (unpaired) electrons. The van der Waals surface area contributed by atoms with Crippen LogP contribution in [0.2, 0.25) is 0 Å². The first-order chi connectivity index (χ1) is 8.19. The summed E-state index contributed by atoms with van der Waals surface area (Å²) in [7, 11) is -3.41. The highest BCUT2D eigenvalue weighted by Gasteiger charge is 2.21. The van der Waals surface area contributed by atoms with E-state index in [1.54, 1.807) is 12.1 Å². The van der Waals surface area contributed by atoms with Crippen LogP contribution in [-0.2, 0) is 20.4 Å². The maximum atomic E-state index is 11.9. The second-order valence-electron chi connectivity index (χ2n) is 4.43. The molecule has 1 aromatic carbocycles. The topological polar surface area (TPSA) is 71.4 Å². The largest absolute Gasteiger partial charge is 0.481 e. The van der Waals surface area contributed by atoms with Crippen LogP contribution in [0.4, 0.5) is 0 Å². The summed E-state index contributed by atoms with van der Waals surface area (Å²) in [5, 5.41) is 8.73. The third kappa shape index (κ3) is 4.78. The van der Waals surface area contributed by atoms with Crippen molar-refractivity contribution in [1.29, 1.82) is 0 Å². The molecule has 1 atom stereocenters. The number of carboxylic acid groups (broad SMARTS) is 1. The maximum Gasteiger partial charge on any atom is 0.307 e. The Kier molecular flexibility index (Phi) is 4.92. The molecule has 0 heterocycles. The van der Waals surface area contributed by atoms with Gasteiger partial charge in [-0.15, -0.1) is 0 Å². The van der Waals surface area contributed by atoms with Gasteiger partial charge in [0, 0.05) is 4.47 Å². The van der Waals surface area contributed by atoms with E-state index in [2.05, 4.69) is 15.9 Å². The second kappa shape index (κ2) is 5.84. The number of aliphatic carboxylic acids is 1. The van der Waals surface area contributed by atoms with Crippen molar-refractivity contribution in [2.24, 2.45) is 5.92 Å². The zero-order valence-electron chi connectivity index (χ0n) is 10.2. The van der Waals surface area contributed by atoms with Crippen LogP contribution in [0, 0.1) is 12.8 Å². The van der Waals surface area contributed by atoms with Crippen molar-refractivity contribution < 1.29 is 18.3 Å². The fraction of sp³-hybridized carbons (Fsp3) is 0.417. The Morgan fingerprint density at radius 3 is 2.50 bits per heavy atom. The minimum Gasteiger partial charge on any atom is -0.481 e. The molecule has 1 rings (SSSR count). The molecule has 1 aromatic rings. The number of benzene rings is 1. The standard InChI is InChI=1S/C12H15BrO4S/c1-8-3-10(5-11(13)4-8)7-18(16,17)6-9(2)12(14)15/h3-5,9H,6-7H2,1-2H3,(H,14,15). The van der Waals surface area contributed by atoms with Gasteiger partial charge in [-0.25, -0.2) is 8.42 Å². The number of halogens is 1. The average Bonchev–Trinajstić information content (AvgIpc) is 2.13. The molecule has 0 aliphatic heterocycles. The molecule has 0 aliphatic rings. The van der Waals surface area contributed by atoms with Gasteiger partial charge >= 0.3 is 5.97 Å². The highest BCUT2D eigenvalue weighted by molar-refractivity contribution is 9.10. The summed E-state index contributed by atoms with van der Waals surface area (Å²) in [6.45, 7) is 3.27. The van der Waals surface area contributed by atoms with Crippen molar-refractivity contribution >= 4 is 31.7 Å². The molecule has 100 valence electrons. The highest BCUT2D eigenvalue weighted by atomic mass is 79.9. The van der Waals surface area contributed by atoms with Gasteiger partial charge in [0.25, 0.3) is 0 Å². The number of carbonyl (C=O) groups is 1. The molecule has 0 saturated heterocycles. The van der Waals surface area contributed by atoms with Crippen LogP contribution < -0.4 is 0 Å². The summed E-state index contributed by atoms with van der Waals surface area (Å²) < 4.78 is 24.5. The number of carboxylic acids is 1. The van der Waals surface area contributed by atoms with Crippen LogP contribution >= 0.6 is 15.9 Å². The molecule has 4 nitrogen and oxygen atoms in total. The first-order valence-corrected chi connectivity index (χ1v) is 8.00. The van der Waals surface area contributed by atoms with E-state index in [4.69, 9.17) is 5.11 Å². The zero-order valence-corrected chi connectivity index (χ0v) is 12.6. The normalized spacial score (nSPS) is 13.3. The smallest absolute Gasteiger partial charge is 0.307 e. The van der Waals surface area contributed by atoms with Gasteiger partial charge in [-0.2, -0.15) is 0 Å². The van der Waals surface area contributed by atoms with E-state index in [-0.39, 0.29) is 11.5 Å². The number of hydrogen-bond acceptors (Lipinski definition) is 3. The number of hydrogen-bond donors (Lipinski definition) is 1. The SMILES string of the molecule is Cc1cc(Br)cc(CS(=O)(=O)CC(C)C(=O)O)c1. The van der Waals surface area contributed by atoms with Crippen molar-refractivity contribution in [3.05, 3.63) is 33.8 Å². The van der Waals surface area contributed by atoms with Crippen molar-refractivity contribution in [2.75, 3.05) is 5.75 Å². The van der Waals surface area contributed by atoms with Gasteiger partial charge in [0.1, 0.15) is 0 Å². The Labute approximate surface area is 115 Å². The molecule has 0 aliphatic carbocycles. The lowest BCUT2D eigenvalue weighted by atomic mass is 10.2. The molecule has 1 N–H and O–H groups in total. The Morgan fingerprint density at radius 2 is 2.00 bits per heavy atom. The van der Waals surface area contributed by atoms with E-state index < -0.39 is 21.7 Å². The molecule has 0 spiro atoms. The molecule has 1 unspecified atom stereocenters. The first kappa shape index (κ1) is 15.2. The van der Waals surface area contributed by atoms with Gasteiger partial charge in [0.05, 0.1) is 17.4 Å². The predicted octanol–water partition coefficient (Wildman–Crippen LogP) is 2.39. The third-order valence-corrected chi connectivity index (χ3v) is 4.65. The van der Waals surface area contributed by atoms with Gasteiger partial charge in [-0.1, -0.05) is 28.9 Å². The van der Waals surface area contributed by atoms with E-state index in [9.17, 15) is 13.2 Å². The molecule has 0 aromatic heterocycles. The van der Waals surface area contributed by atoms with E-state index in [1.165, 1.54) is 6.92 Å². The molecule has 18 heavy (non-hydrogen) atoms. The van der Waals surface area contributed by atoms with E-state index in [0.29, 0.717) is 5.56 Å². The van der Waals surface area contributed by atoms with Crippen molar-refractivity contribution in [1.82, 2.24) is 0 Å². The van der Waals surface area contributed by atoms with Crippen molar-refractivity contribution in [3.8, 4) is 0 Å². The summed E-state index contributed by atoms with van der Waals surface area (Å²) in [6.07, 6.45) is 0. The fourth-order valence-electron chi connectivity index (χ4n) is 1.66. The number of rotatable bonds is 5. The van der Waals surface area contributed by atoms with Gasteiger partial charge in [-0.05, 0) is 30.2 Å². The van der Waals surface area contributed by atoms with Crippen LogP contribution in [0.25, 0.3) is 0 Å². The number of sulfone groups is 1. The van der Waals surface area contributed by atoms with E-state index in [0.717, 1.165) is 10.0 Å². The lowest BCUT2D eigenvalue weighted by molar-refractivity contribution is -0.140. The van der Waals surface area contributed by atoms with Crippen LogP contribution in [0.1, 0.15) is 18.1 Å². The Balaban J connectivity index is 2.85. The maximum absolute atomic E-state index is 11.9. The molecular formula is C12H15BrO4S. The minimum atomic E-state index is -3.41. The molecule has 0 bridgehead atoms. The van der Waals surface area contributed by atoms with Crippen molar-refractivity contribution in [3.63, 3.8) is 0 Å². The van der Waals surface area contributed by atoms with Crippen LogP contribution in [0.3, 0.4) is 0 Å². The molecule has 6 heteroatoms. The Morgan fingerprint density at radius 1 is 1.39 bits per heavy atom. The van der Waals surface area contributed by atoms with E-state index in [1.807, 2.05) is 13.0 Å². The van der Waals surface area contributed by atoms with Crippen molar-refractivity contribution in [2.45, 2.75) is 19.6 Å². The highest BCUT2D eigenvalue weighted by Crippen LogP contribution is 2.18. The summed E-state index contributed by atoms with van der Waals surface area (Å²) in [6, 6.07) is 5.40. The minimum absolute atomic E-state index is 0.134. The fourth-order valence-corrected chi connectivity index (χ4v) is 4.01. The van der Waals surface area contributed by atoms with Crippen LogP contribution in [0.15, 0.2) is 22.7 Å². The van der Waals surface area contributed by atoms with Gasteiger partial charge < -0.3 is 5.11 Å². The molecule has 0 fully saturated rings. The van der Waals surface area contributed by atoms with Gasteiger partial charge in [0.2, 0.25) is 0 Å². The first-order valence-electron chi connectivity index (χ1n) is 5.39. The van der Waals surface area contributed by atoms with Crippen LogP contribution in [0.5, 0.6) is 0 Å². The van der Waals surface area contributed by atoms with Gasteiger partial charge in [-0.3, -0.25) is 4.79 Å². The van der Waals surface area contributed by atoms with Crippen LogP contribution in [-0.4, -0.2) is 25.2 Å². The number of aryl methyl sites for hydroxylation is 1. The molecule has 0 saturated carbocycles. The summed E-state index contributed by atoms with van der Waals surface area (Å²) >= 11 is 3.31. The molecule has 0 amide bonds. The molecular weight excluding hydrogens is 320 g/mol. The van der Waals surface area contributed by atoms with E-state index >= 15 is 0 Å². The van der Waals surface area contributed by atoms with Gasteiger partial charge in [0.15, 0.2) is 9.84 Å². The third-order valence-electron chi connectivity index (χ3n) is 2.41. The summed E-state index contributed by atoms with van der Waals surface area (Å²) in [5.41, 5.74) is 1.63. The second-order valence-corrected chi connectivity index (χ2v) is 7.46. The lowest BCUT2D eigenvalue weighted by Crippen LogP contribution is -2.22. The lowest BCUT2D eigenvalue weighted by Gasteiger charge is -2.09. The summed E-state index contributed by atoms with van der Waals surface area (Å²) in [4.78, 5) is 10.7. The summed E-state index contributed by atoms with van der Waals surface area (Å²) in [5.74, 6) is -2.45. The predicted molar refractivity (Wildman–Crippen MR) is 73.2 cm³/mol. The zero-order chi connectivity index (χ0) is 13.9. The average molecular weight is 335 g/mol. The Hall–Kier alpha value is -0.880. The quantitative estimate of drug-likeness (QED) is 0.897. The Bertz CT molecular complexity index is 531.